The Labute approximate surface area is 183 Å². The van der Waals surface area contributed by atoms with Crippen LogP contribution in [0.5, 0.6) is 0 Å². The summed E-state index contributed by atoms with van der Waals surface area (Å²) in [6.45, 7) is 2.58. The van der Waals surface area contributed by atoms with Crippen LogP contribution in [0.15, 0.2) is 89.8 Å². The Morgan fingerprint density at radius 2 is 1.65 bits per heavy atom. The smallest absolute Gasteiger partial charge is 0.261 e. The maximum atomic E-state index is 12.7. The standard InChI is InChI=1S/C24H25N3O3S/c28-24(25-22-14-15-27(18-22)17-19-8-3-1-4-9-19)20-10-7-11-21(16-20)26-31(29,30)23-12-5-2-6-13-23/h1-13,16,22,26H,14-15,17-18H2,(H,25,28). The van der Waals surface area contributed by atoms with Crippen molar-refractivity contribution in [3.05, 3.63) is 96.1 Å². The van der Waals surface area contributed by atoms with E-state index in [1.54, 1.807) is 42.5 Å². The van der Waals surface area contributed by atoms with E-state index in [0.29, 0.717) is 11.3 Å². The van der Waals surface area contributed by atoms with E-state index in [9.17, 15) is 13.2 Å². The first-order chi connectivity index (χ1) is 15.0. The number of anilines is 1. The van der Waals surface area contributed by atoms with E-state index in [1.165, 1.54) is 17.7 Å². The summed E-state index contributed by atoms with van der Waals surface area (Å²) in [6, 6.07) is 25.1. The van der Waals surface area contributed by atoms with Crippen LogP contribution in [0.2, 0.25) is 0 Å². The van der Waals surface area contributed by atoms with Crippen LogP contribution in [0.25, 0.3) is 0 Å². The van der Waals surface area contributed by atoms with Gasteiger partial charge in [0.05, 0.1) is 4.90 Å². The molecule has 4 rings (SSSR count). The minimum Gasteiger partial charge on any atom is -0.348 e. The quantitative estimate of drug-likeness (QED) is 0.596. The third-order valence-electron chi connectivity index (χ3n) is 5.29. The highest BCUT2D eigenvalue weighted by Crippen LogP contribution is 2.18. The predicted molar refractivity (Wildman–Crippen MR) is 121 cm³/mol. The van der Waals surface area contributed by atoms with Gasteiger partial charge in [0.25, 0.3) is 15.9 Å². The van der Waals surface area contributed by atoms with Gasteiger partial charge in [0, 0.05) is 36.9 Å². The molecule has 1 aliphatic heterocycles. The highest BCUT2D eigenvalue weighted by Gasteiger charge is 2.24. The lowest BCUT2D eigenvalue weighted by Crippen LogP contribution is -2.37. The second-order valence-electron chi connectivity index (χ2n) is 7.68. The van der Waals surface area contributed by atoms with Crippen molar-refractivity contribution in [2.45, 2.75) is 23.9 Å². The van der Waals surface area contributed by atoms with Crippen molar-refractivity contribution in [1.29, 1.82) is 0 Å². The molecule has 0 saturated carbocycles. The predicted octanol–water partition coefficient (Wildman–Crippen LogP) is 3.49. The molecular formula is C24H25N3O3S. The topological polar surface area (TPSA) is 78.5 Å². The summed E-state index contributed by atoms with van der Waals surface area (Å²) in [4.78, 5) is 15.2. The van der Waals surface area contributed by atoms with Gasteiger partial charge in [0.1, 0.15) is 0 Å². The Balaban J connectivity index is 1.36. The second kappa shape index (κ2) is 9.32. The first kappa shape index (κ1) is 21.1. The second-order valence-corrected chi connectivity index (χ2v) is 9.36. The third kappa shape index (κ3) is 5.51. The van der Waals surface area contributed by atoms with Crippen LogP contribution in [0, 0.1) is 0 Å². The van der Waals surface area contributed by atoms with E-state index in [4.69, 9.17) is 0 Å². The van der Waals surface area contributed by atoms with Crippen molar-refractivity contribution < 1.29 is 13.2 Å². The van der Waals surface area contributed by atoms with Crippen molar-refractivity contribution >= 4 is 21.6 Å². The van der Waals surface area contributed by atoms with Crippen molar-refractivity contribution in [3.63, 3.8) is 0 Å². The summed E-state index contributed by atoms with van der Waals surface area (Å²) in [5, 5.41) is 3.07. The summed E-state index contributed by atoms with van der Waals surface area (Å²) < 4.78 is 27.6. The molecule has 1 saturated heterocycles. The molecule has 7 heteroatoms. The number of likely N-dealkylation sites (tertiary alicyclic amines) is 1. The van der Waals surface area contributed by atoms with E-state index in [2.05, 4.69) is 27.1 Å². The van der Waals surface area contributed by atoms with Gasteiger partial charge in [-0.25, -0.2) is 8.42 Å². The van der Waals surface area contributed by atoms with Crippen LogP contribution >= 0.6 is 0 Å². The average Bonchev–Trinajstić information content (AvgIpc) is 3.21. The first-order valence-corrected chi connectivity index (χ1v) is 11.7. The Morgan fingerprint density at radius 1 is 0.935 bits per heavy atom. The fourth-order valence-corrected chi connectivity index (χ4v) is 4.81. The van der Waals surface area contributed by atoms with Gasteiger partial charge in [0.2, 0.25) is 0 Å². The van der Waals surface area contributed by atoms with Crippen molar-refractivity contribution in [2.24, 2.45) is 0 Å². The van der Waals surface area contributed by atoms with Crippen LogP contribution < -0.4 is 10.0 Å². The molecule has 1 heterocycles. The number of sulfonamides is 1. The Hall–Kier alpha value is -3.16. The van der Waals surface area contributed by atoms with Crippen molar-refractivity contribution in [1.82, 2.24) is 10.2 Å². The van der Waals surface area contributed by atoms with E-state index in [1.807, 2.05) is 18.2 Å². The Morgan fingerprint density at radius 3 is 2.39 bits per heavy atom. The van der Waals surface area contributed by atoms with Crippen molar-refractivity contribution in [3.8, 4) is 0 Å². The van der Waals surface area contributed by atoms with E-state index in [-0.39, 0.29) is 16.8 Å². The number of carbonyl (C=O) groups is 1. The molecule has 0 aromatic heterocycles. The van der Waals surface area contributed by atoms with Gasteiger partial charge in [0.15, 0.2) is 0 Å². The molecule has 31 heavy (non-hydrogen) atoms. The number of hydrogen-bond donors (Lipinski definition) is 2. The molecule has 0 spiro atoms. The lowest BCUT2D eigenvalue weighted by Gasteiger charge is -2.17. The number of nitrogens with zero attached hydrogens (tertiary/aromatic N) is 1. The summed E-state index contributed by atoms with van der Waals surface area (Å²) in [6.07, 6.45) is 0.888. The molecule has 1 fully saturated rings. The van der Waals surface area contributed by atoms with Crippen LogP contribution in [-0.2, 0) is 16.6 Å². The summed E-state index contributed by atoms with van der Waals surface area (Å²) in [5.41, 5.74) is 2.04. The van der Waals surface area contributed by atoms with E-state index >= 15 is 0 Å². The molecule has 1 unspecified atom stereocenters. The molecule has 1 aliphatic rings. The maximum absolute atomic E-state index is 12.7. The van der Waals surface area contributed by atoms with Gasteiger partial charge in [-0.3, -0.25) is 14.4 Å². The summed E-state index contributed by atoms with van der Waals surface area (Å²) >= 11 is 0. The van der Waals surface area contributed by atoms with Gasteiger partial charge >= 0.3 is 0 Å². The third-order valence-corrected chi connectivity index (χ3v) is 6.68. The fourth-order valence-electron chi connectivity index (χ4n) is 3.74. The highest BCUT2D eigenvalue weighted by molar-refractivity contribution is 7.92. The van der Waals surface area contributed by atoms with Crippen molar-refractivity contribution in [2.75, 3.05) is 17.8 Å². The zero-order valence-corrected chi connectivity index (χ0v) is 17.9. The minimum absolute atomic E-state index is 0.0703. The summed E-state index contributed by atoms with van der Waals surface area (Å²) in [7, 11) is -3.70. The number of benzene rings is 3. The number of nitrogens with one attached hydrogen (secondary N) is 2. The van der Waals surface area contributed by atoms with Crippen LogP contribution in [-0.4, -0.2) is 38.4 Å². The molecule has 1 amide bonds. The number of amides is 1. The molecule has 160 valence electrons. The molecule has 6 nitrogen and oxygen atoms in total. The number of carbonyl (C=O) groups excluding carboxylic acids is 1. The molecule has 2 N–H and O–H groups in total. The molecule has 0 aliphatic carbocycles. The monoisotopic (exact) mass is 435 g/mol. The van der Waals surface area contributed by atoms with Gasteiger partial charge in [-0.15, -0.1) is 0 Å². The summed E-state index contributed by atoms with van der Waals surface area (Å²) in [5.74, 6) is -0.202. The Bertz CT molecular complexity index is 1140. The average molecular weight is 436 g/mol. The van der Waals surface area contributed by atoms with Gasteiger partial charge in [-0.2, -0.15) is 0 Å². The minimum atomic E-state index is -3.70. The fraction of sp³-hybridized carbons (Fsp3) is 0.208. The molecule has 0 bridgehead atoms. The molecular weight excluding hydrogens is 410 g/mol. The lowest BCUT2D eigenvalue weighted by molar-refractivity contribution is 0.0937. The van der Waals surface area contributed by atoms with Gasteiger partial charge < -0.3 is 5.32 Å². The van der Waals surface area contributed by atoms with E-state index < -0.39 is 10.0 Å². The van der Waals surface area contributed by atoms with Crippen LogP contribution in [0.4, 0.5) is 5.69 Å². The van der Waals surface area contributed by atoms with Crippen LogP contribution in [0.3, 0.4) is 0 Å². The number of hydrogen-bond acceptors (Lipinski definition) is 4. The van der Waals surface area contributed by atoms with E-state index in [0.717, 1.165) is 26.1 Å². The van der Waals surface area contributed by atoms with Gasteiger partial charge in [-0.05, 0) is 42.3 Å². The maximum Gasteiger partial charge on any atom is 0.261 e. The SMILES string of the molecule is O=C(NC1CCN(Cc2ccccc2)C1)c1cccc(NS(=O)(=O)c2ccccc2)c1. The molecule has 1 atom stereocenters. The van der Waals surface area contributed by atoms with Gasteiger partial charge in [-0.1, -0.05) is 54.6 Å². The molecule has 0 radical (unpaired) electrons. The molecule has 3 aromatic carbocycles. The van der Waals surface area contributed by atoms with Crippen LogP contribution in [0.1, 0.15) is 22.3 Å². The Kier molecular flexibility index (Phi) is 6.34. The zero-order chi connectivity index (χ0) is 21.7. The highest BCUT2D eigenvalue weighted by atomic mass is 32.2. The lowest BCUT2D eigenvalue weighted by atomic mass is 10.1. The largest absolute Gasteiger partial charge is 0.348 e. The molecule has 3 aromatic rings. The first-order valence-electron chi connectivity index (χ1n) is 10.2. The normalized spacial score (nSPS) is 16.7. The zero-order valence-electron chi connectivity index (χ0n) is 17.1. The number of rotatable bonds is 7.